The lowest BCUT2D eigenvalue weighted by atomic mass is 9.81. The van der Waals surface area contributed by atoms with Crippen molar-refractivity contribution in [3.63, 3.8) is 0 Å². The van der Waals surface area contributed by atoms with Crippen LogP contribution < -0.4 is 14.8 Å². The molecule has 0 saturated carbocycles. The highest BCUT2D eigenvalue weighted by Crippen LogP contribution is 2.50. The Labute approximate surface area is 172 Å². The quantitative estimate of drug-likeness (QED) is 0.490. The molecule has 1 atom stereocenters. The first-order valence-corrected chi connectivity index (χ1v) is 10.1. The molecule has 4 nitrogen and oxygen atoms in total. The van der Waals surface area contributed by atoms with E-state index >= 15 is 0 Å². The van der Waals surface area contributed by atoms with Crippen LogP contribution in [0, 0.1) is 0 Å². The molecule has 2 aliphatic heterocycles. The normalized spacial score (nSPS) is 18.3. The van der Waals surface area contributed by atoms with Crippen LogP contribution in [-0.2, 0) is 0 Å². The number of allylic oxidation sites excluding steroid dienone is 2. The van der Waals surface area contributed by atoms with Gasteiger partial charge in [-0.1, -0.05) is 23.8 Å². The maximum absolute atomic E-state index is 9.15. The summed E-state index contributed by atoms with van der Waals surface area (Å²) in [4.78, 5) is 0. The van der Waals surface area contributed by atoms with Crippen molar-refractivity contribution >= 4 is 11.3 Å². The predicted molar refractivity (Wildman–Crippen MR) is 118 cm³/mol. The average molecular weight is 392 g/mol. The third kappa shape index (κ3) is 3.65. The van der Waals surface area contributed by atoms with Gasteiger partial charge in [-0.15, -0.1) is 0 Å². The van der Waals surface area contributed by atoms with Crippen molar-refractivity contribution < 1.29 is 14.6 Å². The Morgan fingerprint density at radius 1 is 1.21 bits per heavy atom. The second-order valence-corrected chi connectivity index (χ2v) is 8.68. The molecule has 1 unspecified atom stereocenters. The molecular weight excluding hydrogens is 362 g/mol. The Bertz CT molecular complexity index is 1010. The van der Waals surface area contributed by atoms with Gasteiger partial charge in [0.2, 0.25) is 0 Å². The van der Waals surface area contributed by atoms with Gasteiger partial charge in [0.25, 0.3) is 0 Å². The molecule has 2 aromatic carbocycles. The number of hydrogen-bond acceptors (Lipinski definition) is 4. The summed E-state index contributed by atoms with van der Waals surface area (Å²) in [7, 11) is 0. The molecular formula is C25H29NO3. The lowest BCUT2D eigenvalue weighted by Crippen LogP contribution is -2.32. The van der Waals surface area contributed by atoms with Crippen LogP contribution in [0.15, 0.2) is 48.1 Å². The molecule has 2 aromatic rings. The van der Waals surface area contributed by atoms with E-state index in [0.717, 1.165) is 29.0 Å². The Balaban J connectivity index is 1.93. The van der Waals surface area contributed by atoms with Gasteiger partial charge in [-0.2, -0.15) is 0 Å². The van der Waals surface area contributed by atoms with Gasteiger partial charge in [-0.05, 0) is 70.0 Å². The van der Waals surface area contributed by atoms with Gasteiger partial charge < -0.3 is 19.9 Å². The standard InChI is InChI=1S/C25H29NO3/c1-15(2)6-10-22-24-18(19-12-17(28-14-27)7-11-21(19)29-22)8-9-20-23(24)16(3)13-25(4,5)26-20/h6-9,11-13,22,26-27H,10,14H2,1-5H3. The molecule has 0 bridgehead atoms. The summed E-state index contributed by atoms with van der Waals surface area (Å²) in [5, 5.41) is 12.8. The molecule has 0 aromatic heterocycles. The lowest BCUT2D eigenvalue weighted by molar-refractivity contribution is 0.0984. The number of rotatable bonds is 4. The summed E-state index contributed by atoms with van der Waals surface area (Å²) >= 11 is 0. The summed E-state index contributed by atoms with van der Waals surface area (Å²) in [5.41, 5.74) is 8.21. The highest BCUT2D eigenvalue weighted by Gasteiger charge is 2.33. The molecule has 0 radical (unpaired) electrons. The van der Waals surface area contributed by atoms with Gasteiger partial charge in [0, 0.05) is 28.8 Å². The minimum atomic E-state index is -0.346. The average Bonchev–Trinajstić information content (AvgIpc) is 2.64. The van der Waals surface area contributed by atoms with Crippen molar-refractivity contribution in [3.05, 3.63) is 59.2 Å². The van der Waals surface area contributed by atoms with Crippen LogP contribution in [0.4, 0.5) is 5.69 Å². The zero-order valence-corrected chi connectivity index (χ0v) is 17.8. The second-order valence-electron chi connectivity index (χ2n) is 8.68. The molecule has 2 heterocycles. The largest absolute Gasteiger partial charge is 0.485 e. The molecule has 2 aliphatic rings. The molecule has 0 fully saturated rings. The first-order valence-electron chi connectivity index (χ1n) is 10.1. The summed E-state index contributed by atoms with van der Waals surface area (Å²) in [5.74, 6) is 1.48. The second kappa shape index (κ2) is 7.27. The number of nitrogens with one attached hydrogen (secondary N) is 1. The van der Waals surface area contributed by atoms with E-state index in [1.807, 2.05) is 18.2 Å². The van der Waals surface area contributed by atoms with E-state index in [9.17, 15) is 0 Å². The van der Waals surface area contributed by atoms with Crippen molar-refractivity contribution in [2.45, 2.75) is 52.7 Å². The molecule has 4 rings (SSSR count). The molecule has 0 saturated heterocycles. The predicted octanol–water partition coefficient (Wildman–Crippen LogP) is 6.08. The number of anilines is 1. The van der Waals surface area contributed by atoms with Gasteiger partial charge in [-0.3, -0.25) is 0 Å². The minimum Gasteiger partial charge on any atom is -0.485 e. The molecule has 2 N–H and O–H groups in total. The van der Waals surface area contributed by atoms with Crippen LogP contribution in [0.5, 0.6) is 11.5 Å². The minimum absolute atomic E-state index is 0.0571. The van der Waals surface area contributed by atoms with Crippen LogP contribution in [-0.4, -0.2) is 17.4 Å². The number of hydrogen-bond donors (Lipinski definition) is 2. The van der Waals surface area contributed by atoms with Gasteiger partial charge in [0.15, 0.2) is 6.79 Å². The maximum atomic E-state index is 9.15. The molecule has 29 heavy (non-hydrogen) atoms. The van der Waals surface area contributed by atoms with E-state index < -0.39 is 0 Å². The molecule has 0 aliphatic carbocycles. The van der Waals surface area contributed by atoms with Gasteiger partial charge in [0.05, 0.1) is 5.54 Å². The first kappa shape index (κ1) is 19.6. The van der Waals surface area contributed by atoms with Gasteiger partial charge >= 0.3 is 0 Å². The van der Waals surface area contributed by atoms with Crippen molar-refractivity contribution in [3.8, 4) is 22.6 Å². The highest BCUT2D eigenvalue weighted by atomic mass is 16.6. The van der Waals surface area contributed by atoms with Crippen molar-refractivity contribution in [2.24, 2.45) is 0 Å². The summed E-state index contributed by atoms with van der Waals surface area (Å²) in [6.45, 7) is 10.4. The van der Waals surface area contributed by atoms with E-state index in [1.54, 1.807) is 0 Å². The van der Waals surface area contributed by atoms with E-state index in [1.165, 1.54) is 22.3 Å². The van der Waals surface area contributed by atoms with Crippen LogP contribution in [0.2, 0.25) is 0 Å². The fourth-order valence-corrected chi connectivity index (χ4v) is 4.42. The third-order valence-corrected chi connectivity index (χ3v) is 5.48. The number of aliphatic hydroxyl groups is 1. The Morgan fingerprint density at radius 2 is 2.00 bits per heavy atom. The van der Waals surface area contributed by atoms with E-state index in [0.29, 0.717) is 5.75 Å². The topological polar surface area (TPSA) is 50.7 Å². The maximum Gasteiger partial charge on any atom is 0.186 e. The third-order valence-electron chi connectivity index (χ3n) is 5.48. The first-order chi connectivity index (χ1) is 13.8. The summed E-state index contributed by atoms with van der Waals surface area (Å²) in [6.07, 6.45) is 5.28. The van der Waals surface area contributed by atoms with Crippen molar-refractivity contribution in [1.29, 1.82) is 0 Å². The smallest absolute Gasteiger partial charge is 0.186 e. The van der Waals surface area contributed by atoms with E-state index in [2.05, 4.69) is 64.2 Å². The van der Waals surface area contributed by atoms with Crippen LogP contribution >= 0.6 is 0 Å². The number of aliphatic hydroxyl groups excluding tert-OH is 1. The Hall–Kier alpha value is -2.72. The zero-order chi connectivity index (χ0) is 20.8. The fourth-order valence-electron chi connectivity index (χ4n) is 4.42. The number of ether oxygens (including phenoxy) is 2. The molecule has 0 amide bonds. The van der Waals surface area contributed by atoms with Gasteiger partial charge in [-0.25, -0.2) is 0 Å². The SMILES string of the molecule is CC(C)=CCC1Oc2ccc(OCO)cc2-c2ccc3c(c21)C(C)=CC(C)(C)N3. The Morgan fingerprint density at radius 3 is 2.72 bits per heavy atom. The van der Waals surface area contributed by atoms with Crippen molar-refractivity contribution in [2.75, 3.05) is 12.1 Å². The monoisotopic (exact) mass is 391 g/mol. The highest BCUT2D eigenvalue weighted by molar-refractivity contribution is 5.90. The fraction of sp³-hybridized carbons (Fsp3) is 0.360. The van der Waals surface area contributed by atoms with Crippen LogP contribution in [0.25, 0.3) is 16.7 Å². The number of benzene rings is 2. The lowest BCUT2D eigenvalue weighted by Gasteiger charge is -2.37. The van der Waals surface area contributed by atoms with Gasteiger partial charge in [0.1, 0.15) is 17.6 Å². The number of fused-ring (bicyclic) bond motifs is 5. The molecule has 0 spiro atoms. The van der Waals surface area contributed by atoms with Crippen molar-refractivity contribution in [1.82, 2.24) is 0 Å². The molecule has 152 valence electrons. The molecule has 4 heteroatoms. The van der Waals surface area contributed by atoms with Crippen LogP contribution in [0.3, 0.4) is 0 Å². The Kier molecular flexibility index (Phi) is 4.91. The zero-order valence-electron chi connectivity index (χ0n) is 17.8. The van der Waals surface area contributed by atoms with E-state index in [-0.39, 0.29) is 18.4 Å². The summed E-state index contributed by atoms with van der Waals surface area (Å²) in [6, 6.07) is 10.1. The van der Waals surface area contributed by atoms with E-state index in [4.69, 9.17) is 14.6 Å². The van der Waals surface area contributed by atoms with Crippen LogP contribution in [0.1, 0.15) is 58.3 Å². The summed E-state index contributed by atoms with van der Waals surface area (Å²) < 4.78 is 11.8.